The van der Waals surface area contributed by atoms with Gasteiger partial charge in [-0.1, -0.05) is 37.1 Å². The average molecular weight is 475 g/mol. The minimum absolute atomic E-state index is 0.0482. The van der Waals surface area contributed by atoms with Crippen molar-refractivity contribution in [2.75, 3.05) is 12.4 Å². The van der Waals surface area contributed by atoms with Crippen molar-refractivity contribution >= 4 is 32.7 Å². The molecule has 8 heteroatoms. The molecule has 34 heavy (non-hydrogen) atoms. The number of nitrogens with one attached hydrogen (secondary N) is 2. The van der Waals surface area contributed by atoms with E-state index in [0.717, 1.165) is 48.1 Å². The summed E-state index contributed by atoms with van der Waals surface area (Å²) in [6.45, 7) is 0. The number of fused-ring (bicyclic) bond motifs is 1. The lowest BCUT2D eigenvalue weighted by Crippen LogP contribution is -2.35. The van der Waals surface area contributed by atoms with Crippen LogP contribution in [0.4, 0.5) is 5.69 Å². The van der Waals surface area contributed by atoms with Crippen LogP contribution in [0.1, 0.15) is 36.0 Å². The van der Waals surface area contributed by atoms with Crippen LogP contribution < -0.4 is 5.32 Å². The third-order valence-electron chi connectivity index (χ3n) is 6.42. The van der Waals surface area contributed by atoms with E-state index in [2.05, 4.69) is 15.3 Å². The predicted octanol–water partition coefficient (Wildman–Crippen LogP) is 5.05. The van der Waals surface area contributed by atoms with Gasteiger partial charge in [-0.25, -0.2) is 13.4 Å². The summed E-state index contributed by atoms with van der Waals surface area (Å²) in [6, 6.07) is 21.4. The molecule has 0 saturated heterocycles. The summed E-state index contributed by atoms with van der Waals surface area (Å²) in [5.41, 5.74) is 3.68. The van der Waals surface area contributed by atoms with E-state index < -0.39 is 10.0 Å². The highest BCUT2D eigenvalue weighted by Gasteiger charge is 2.30. The zero-order chi connectivity index (χ0) is 23.7. The minimum Gasteiger partial charge on any atom is -0.338 e. The fourth-order valence-electron chi connectivity index (χ4n) is 4.45. The van der Waals surface area contributed by atoms with Crippen molar-refractivity contribution in [1.29, 1.82) is 0 Å². The quantitative estimate of drug-likeness (QED) is 0.409. The minimum atomic E-state index is -3.58. The van der Waals surface area contributed by atoms with Gasteiger partial charge in [-0.15, -0.1) is 0 Å². The number of aromatic amines is 1. The lowest BCUT2D eigenvalue weighted by Gasteiger charge is -2.23. The molecule has 1 aliphatic carbocycles. The van der Waals surface area contributed by atoms with Crippen molar-refractivity contribution in [3.8, 4) is 11.4 Å². The Labute approximate surface area is 198 Å². The Kier molecular flexibility index (Phi) is 5.93. The number of hydrogen-bond acceptors (Lipinski definition) is 4. The van der Waals surface area contributed by atoms with E-state index in [0.29, 0.717) is 11.3 Å². The van der Waals surface area contributed by atoms with E-state index in [1.807, 2.05) is 42.5 Å². The lowest BCUT2D eigenvalue weighted by molar-refractivity contribution is 0.102. The summed E-state index contributed by atoms with van der Waals surface area (Å²) in [7, 11) is -1.94. The highest BCUT2D eigenvalue weighted by molar-refractivity contribution is 7.89. The maximum atomic E-state index is 12.9. The largest absolute Gasteiger partial charge is 0.338 e. The Morgan fingerprint density at radius 2 is 1.74 bits per heavy atom. The molecule has 1 saturated carbocycles. The average Bonchev–Trinajstić information content (AvgIpc) is 3.54. The molecule has 0 bridgehead atoms. The summed E-state index contributed by atoms with van der Waals surface area (Å²) >= 11 is 0. The van der Waals surface area contributed by atoms with Crippen LogP contribution in [-0.4, -0.2) is 41.7 Å². The first-order valence-corrected chi connectivity index (χ1v) is 12.8. The molecule has 1 aromatic heterocycles. The number of imidazole rings is 1. The Morgan fingerprint density at radius 3 is 2.47 bits per heavy atom. The van der Waals surface area contributed by atoms with E-state index in [1.165, 1.54) is 16.4 Å². The predicted molar refractivity (Wildman–Crippen MR) is 133 cm³/mol. The first-order valence-electron chi connectivity index (χ1n) is 11.4. The maximum absolute atomic E-state index is 12.9. The van der Waals surface area contributed by atoms with Gasteiger partial charge in [-0.05, 0) is 61.4 Å². The molecule has 2 N–H and O–H groups in total. The second-order valence-corrected chi connectivity index (χ2v) is 10.6. The number of carbonyl (C=O) groups is 1. The summed E-state index contributed by atoms with van der Waals surface area (Å²) in [5.74, 6) is 0.410. The van der Waals surface area contributed by atoms with Crippen LogP contribution in [0, 0.1) is 0 Å². The Hall–Kier alpha value is -3.49. The Balaban J connectivity index is 1.31. The molecule has 1 fully saturated rings. The number of anilines is 1. The summed E-state index contributed by atoms with van der Waals surface area (Å²) in [6.07, 6.45) is 3.90. The van der Waals surface area contributed by atoms with Gasteiger partial charge in [0.1, 0.15) is 5.82 Å². The number of hydrogen-bond donors (Lipinski definition) is 2. The van der Waals surface area contributed by atoms with Gasteiger partial charge in [0.05, 0.1) is 15.9 Å². The zero-order valence-corrected chi connectivity index (χ0v) is 19.7. The van der Waals surface area contributed by atoms with Crippen LogP contribution in [0.25, 0.3) is 22.4 Å². The van der Waals surface area contributed by atoms with Crippen molar-refractivity contribution in [2.45, 2.75) is 36.6 Å². The Bertz CT molecular complexity index is 1410. The second kappa shape index (κ2) is 9.04. The molecule has 1 amide bonds. The summed E-state index contributed by atoms with van der Waals surface area (Å²) < 4.78 is 27.4. The number of H-pyrrole nitrogens is 1. The van der Waals surface area contributed by atoms with Crippen molar-refractivity contribution in [2.24, 2.45) is 0 Å². The standard InChI is InChI=1S/C26H26N4O3S/c1-30(21-9-2-3-10-21)34(32,33)22-15-13-18(14-16-22)26(31)27-20-8-6-7-19(17-20)25-28-23-11-4-5-12-24(23)29-25/h4-8,11-17,21H,2-3,9-10H2,1H3,(H,27,31)(H,28,29). The monoisotopic (exact) mass is 474 g/mol. The van der Waals surface area contributed by atoms with E-state index >= 15 is 0 Å². The number of benzene rings is 3. The number of para-hydroxylation sites is 2. The van der Waals surface area contributed by atoms with Gasteiger partial charge < -0.3 is 10.3 Å². The highest BCUT2D eigenvalue weighted by atomic mass is 32.2. The molecule has 1 aliphatic rings. The molecule has 1 heterocycles. The summed E-state index contributed by atoms with van der Waals surface area (Å²) in [5, 5.41) is 2.89. The zero-order valence-electron chi connectivity index (χ0n) is 18.9. The molecule has 7 nitrogen and oxygen atoms in total. The molecular weight excluding hydrogens is 448 g/mol. The van der Waals surface area contributed by atoms with Crippen molar-refractivity contribution in [3.05, 3.63) is 78.4 Å². The molecule has 0 spiro atoms. The third-order valence-corrected chi connectivity index (χ3v) is 8.34. The van der Waals surface area contributed by atoms with Crippen molar-refractivity contribution < 1.29 is 13.2 Å². The summed E-state index contributed by atoms with van der Waals surface area (Å²) in [4.78, 5) is 20.9. The van der Waals surface area contributed by atoms with E-state index in [4.69, 9.17) is 0 Å². The molecule has 0 unspecified atom stereocenters. The van der Waals surface area contributed by atoms with Crippen LogP contribution in [0.5, 0.6) is 0 Å². The van der Waals surface area contributed by atoms with Gasteiger partial charge in [-0.3, -0.25) is 4.79 Å². The van der Waals surface area contributed by atoms with E-state index in [1.54, 1.807) is 25.2 Å². The van der Waals surface area contributed by atoms with Crippen LogP contribution >= 0.6 is 0 Å². The first kappa shape index (κ1) is 22.3. The SMILES string of the molecule is CN(C1CCCC1)S(=O)(=O)c1ccc(C(=O)Nc2cccc(-c3nc4ccccc4[nH]3)c2)cc1. The molecule has 174 valence electrons. The molecule has 0 aliphatic heterocycles. The molecule has 0 radical (unpaired) electrons. The third kappa shape index (κ3) is 4.34. The topological polar surface area (TPSA) is 95.2 Å². The molecular formula is C26H26N4O3S. The van der Waals surface area contributed by atoms with Crippen LogP contribution in [0.3, 0.4) is 0 Å². The van der Waals surface area contributed by atoms with Crippen LogP contribution in [0.15, 0.2) is 77.7 Å². The van der Waals surface area contributed by atoms with Gasteiger partial charge in [0.15, 0.2) is 0 Å². The fourth-order valence-corrected chi connectivity index (χ4v) is 5.86. The number of nitrogens with zero attached hydrogens (tertiary/aromatic N) is 2. The van der Waals surface area contributed by atoms with Crippen LogP contribution in [0.2, 0.25) is 0 Å². The second-order valence-electron chi connectivity index (χ2n) is 8.62. The Morgan fingerprint density at radius 1 is 1.00 bits per heavy atom. The van der Waals surface area contributed by atoms with Gasteiger partial charge >= 0.3 is 0 Å². The van der Waals surface area contributed by atoms with Crippen molar-refractivity contribution in [3.63, 3.8) is 0 Å². The molecule has 5 rings (SSSR count). The number of rotatable bonds is 6. The number of sulfonamides is 1. The highest BCUT2D eigenvalue weighted by Crippen LogP contribution is 2.28. The smallest absolute Gasteiger partial charge is 0.255 e. The first-order chi connectivity index (χ1) is 16.4. The molecule has 0 atom stereocenters. The maximum Gasteiger partial charge on any atom is 0.255 e. The van der Waals surface area contributed by atoms with Gasteiger partial charge in [0.2, 0.25) is 10.0 Å². The lowest BCUT2D eigenvalue weighted by atomic mass is 10.1. The van der Waals surface area contributed by atoms with Gasteiger partial charge in [0.25, 0.3) is 5.91 Å². The van der Waals surface area contributed by atoms with Gasteiger partial charge in [-0.2, -0.15) is 4.31 Å². The fraction of sp³-hybridized carbons (Fsp3) is 0.231. The van der Waals surface area contributed by atoms with Gasteiger partial charge in [0, 0.05) is 29.9 Å². The number of amides is 1. The number of aromatic nitrogens is 2. The molecule has 4 aromatic rings. The number of carbonyl (C=O) groups excluding carboxylic acids is 1. The molecule has 3 aromatic carbocycles. The van der Waals surface area contributed by atoms with E-state index in [-0.39, 0.29) is 16.8 Å². The van der Waals surface area contributed by atoms with Crippen molar-refractivity contribution in [1.82, 2.24) is 14.3 Å². The normalized spacial score (nSPS) is 14.6. The van der Waals surface area contributed by atoms with E-state index in [9.17, 15) is 13.2 Å². The van der Waals surface area contributed by atoms with Crippen LogP contribution in [-0.2, 0) is 10.0 Å².